The lowest BCUT2D eigenvalue weighted by Crippen LogP contribution is -2.48. The van der Waals surface area contributed by atoms with E-state index < -0.39 is 36.0 Å². The van der Waals surface area contributed by atoms with Gasteiger partial charge in [0.1, 0.15) is 37.4 Å². The maximum absolute atomic E-state index is 14.4. The van der Waals surface area contributed by atoms with Crippen LogP contribution in [0.3, 0.4) is 0 Å². The molecule has 0 spiro atoms. The fourth-order valence-electron chi connectivity index (χ4n) is 5.47. The second-order valence-electron chi connectivity index (χ2n) is 10.5. The molecule has 0 saturated heterocycles. The molecule has 2 amide bonds. The van der Waals surface area contributed by atoms with Crippen molar-refractivity contribution in [1.29, 1.82) is 0 Å². The number of rotatable bonds is 8. The Labute approximate surface area is 246 Å². The normalized spacial score (nSPS) is 15.5. The Morgan fingerprint density at radius 2 is 1.70 bits per heavy atom. The van der Waals surface area contributed by atoms with Crippen LogP contribution in [0.15, 0.2) is 66.7 Å². The summed E-state index contributed by atoms with van der Waals surface area (Å²) in [4.78, 5) is 30.6. The molecule has 1 atom stereocenters. The first-order valence-corrected chi connectivity index (χ1v) is 14.3. The summed E-state index contributed by atoms with van der Waals surface area (Å²) < 4.78 is 39.8. The molecule has 1 saturated carbocycles. The minimum absolute atomic E-state index is 0.0157. The van der Waals surface area contributed by atoms with Gasteiger partial charge in [0, 0.05) is 17.8 Å². The van der Waals surface area contributed by atoms with Crippen LogP contribution in [0.1, 0.15) is 43.7 Å². The molecule has 43 heavy (non-hydrogen) atoms. The summed E-state index contributed by atoms with van der Waals surface area (Å²) in [6.45, 7) is 0.305. The van der Waals surface area contributed by atoms with E-state index in [2.05, 4.69) is 20.7 Å². The van der Waals surface area contributed by atoms with Crippen LogP contribution in [0.2, 0.25) is 0 Å². The fraction of sp³-hybridized carbons (Fsp3) is 0.323. The van der Waals surface area contributed by atoms with E-state index in [0.29, 0.717) is 36.0 Å². The molecule has 222 valence electrons. The number of ether oxygens (including phenoxy) is 2. The van der Waals surface area contributed by atoms with Crippen molar-refractivity contribution >= 4 is 17.5 Å². The molecule has 1 aromatic heterocycles. The van der Waals surface area contributed by atoms with Crippen molar-refractivity contribution in [2.45, 2.75) is 50.7 Å². The first-order valence-electron chi connectivity index (χ1n) is 14.3. The number of amides is 2. The maximum atomic E-state index is 14.4. The topological polar surface area (TPSA) is 111 Å². The van der Waals surface area contributed by atoms with Gasteiger partial charge in [-0.05, 0) is 60.0 Å². The number of nitrogens with one attached hydrogen (secondary N) is 1. The van der Waals surface area contributed by atoms with E-state index in [1.54, 1.807) is 30.3 Å². The van der Waals surface area contributed by atoms with Crippen LogP contribution < -0.4 is 19.7 Å². The molecule has 1 aliphatic heterocycles. The summed E-state index contributed by atoms with van der Waals surface area (Å²) in [6, 6.07) is 15.2. The van der Waals surface area contributed by atoms with Crippen LogP contribution in [0.5, 0.6) is 11.5 Å². The molecule has 1 aliphatic carbocycles. The van der Waals surface area contributed by atoms with Crippen LogP contribution in [0.4, 0.5) is 14.5 Å². The molecular weight excluding hydrogens is 558 g/mol. The number of hydrogen-bond acceptors (Lipinski definition) is 7. The lowest BCUT2D eigenvalue weighted by atomic mass is 9.94. The fourth-order valence-corrected chi connectivity index (χ4v) is 5.47. The number of benzene rings is 3. The van der Waals surface area contributed by atoms with Gasteiger partial charge >= 0.3 is 0 Å². The summed E-state index contributed by atoms with van der Waals surface area (Å²) in [5.74, 6) is -1.00. The molecular formula is C31H30F2N6O4. The number of tetrazole rings is 1. The molecule has 10 nitrogen and oxygen atoms in total. The van der Waals surface area contributed by atoms with Gasteiger partial charge in [0.05, 0.1) is 5.56 Å². The number of aromatic nitrogens is 4. The highest BCUT2D eigenvalue weighted by atomic mass is 19.1. The van der Waals surface area contributed by atoms with Crippen molar-refractivity contribution in [3.8, 4) is 22.9 Å². The molecule has 4 aromatic rings. The third-order valence-electron chi connectivity index (χ3n) is 7.56. The van der Waals surface area contributed by atoms with Gasteiger partial charge in [-0.1, -0.05) is 43.5 Å². The van der Waals surface area contributed by atoms with Crippen LogP contribution in [0, 0.1) is 11.6 Å². The van der Waals surface area contributed by atoms with Crippen LogP contribution in [-0.2, 0) is 16.1 Å². The molecule has 6 rings (SSSR count). The van der Waals surface area contributed by atoms with E-state index in [-0.39, 0.29) is 17.4 Å². The second kappa shape index (κ2) is 12.6. The van der Waals surface area contributed by atoms with Crippen LogP contribution in [0.25, 0.3) is 11.4 Å². The molecule has 2 heterocycles. The number of carbonyl (C=O) groups is 2. The predicted octanol–water partition coefficient (Wildman–Crippen LogP) is 4.61. The van der Waals surface area contributed by atoms with Crippen molar-refractivity contribution < 1.29 is 27.8 Å². The quantitative estimate of drug-likeness (QED) is 0.320. The maximum Gasteiger partial charge on any atom is 0.251 e. The molecule has 0 radical (unpaired) electrons. The Balaban J connectivity index is 1.38. The van der Waals surface area contributed by atoms with Gasteiger partial charge in [-0.2, -0.15) is 4.80 Å². The number of halogens is 2. The Bertz CT molecular complexity index is 1610. The van der Waals surface area contributed by atoms with Crippen molar-refractivity contribution in [2.24, 2.45) is 0 Å². The SMILES string of the molecule is O=C(NC1CCCCC1)[C@@H](c1ccc(F)cc1)N(C(=O)Cn1nnc(-c2ccccc2F)n1)c1ccc2c(c1)OCCO2. The smallest absolute Gasteiger partial charge is 0.251 e. The lowest BCUT2D eigenvalue weighted by molar-refractivity contribution is -0.127. The second-order valence-corrected chi connectivity index (χ2v) is 10.5. The first kappa shape index (κ1) is 28.3. The number of carbonyl (C=O) groups excluding carboxylic acids is 2. The minimum atomic E-state index is -1.16. The van der Waals surface area contributed by atoms with Gasteiger partial charge in [0.2, 0.25) is 11.7 Å². The number of fused-ring (bicyclic) bond motifs is 1. The molecule has 12 heteroatoms. The van der Waals surface area contributed by atoms with Crippen molar-refractivity contribution in [3.05, 3.63) is 83.9 Å². The number of nitrogens with zero attached hydrogens (tertiary/aromatic N) is 5. The highest BCUT2D eigenvalue weighted by Crippen LogP contribution is 2.37. The van der Waals surface area contributed by atoms with Gasteiger partial charge in [-0.3, -0.25) is 14.5 Å². The molecule has 0 unspecified atom stereocenters. The first-order chi connectivity index (χ1) is 21.0. The van der Waals surface area contributed by atoms with Crippen molar-refractivity contribution in [1.82, 2.24) is 25.5 Å². The van der Waals surface area contributed by atoms with E-state index in [1.807, 2.05) is 0 Å². The zero-order valence-electron chi connectivity index (χ0n) is 23.3. The van der Waals surface area contributed by atoms with E-state index in [1.165, 1.54) is 41.3 Å². The summed E-state index contributed by atoms with van der Waals surface area (Å²) in [6.07, 6.45) is 4.77. The third-order valence-corrected chi connectivity index (χ3v) is 7.56. The molecule has 1 fully saturated rings. The van der Waals surface area contributed by atoms with Gasteiger partial charge < -0.3 is 14.8 Å². The summed E-state index contributed by atoms with van der Waals surface area (Å²) >= 11 is 0. The lowest BCUT2D eigenvalue weighted by Gasteiger charge is -2.34. The number of hydrogen-bond donors (Lipinski definition) is 1. The summed E-state index contributed by atoms with van der Waals surface area (Å²) in [7, 11) is 0. The minimum Gasteiger partial charge on any atom is -0.486 e. The Morgan fingerprint density at radius 3 is 2.47 bits per heavy atom. The average molecular weight is 589 g/mol. The summed E-state index contributed by atoms with van der Waals surface area (Å²) in [5.41, 5.74) is 0.911. The predicted molar refractivity (Wildman–Crippen MR) is 152 cm³/mol. The van der Waals surface area contributed by atoms with Crippen LogP contribution in [-0.4, -0.2) is 51.3 Å². The third kappa shape index (κ3) is 6.32. The van der Waals surface area contributed by atoms with Crippen molar-refractivity contribution in [2.75, 3.05) is 18.1 Å². The highest BCUT2D eigenvalue weighted by molar-refractivity contribution is 6.01. The van der Waals surface area contributed by atoms with E-state index >= 15 is 0 Å². The molecule has 1 N–H and O–H groups in total. The van der Waals surface area contributed by atoms with E-state index in [9.17, 15) is 18.4 Å². The van der Waals surface area contributed by atoms with Crippen molar-refractivity contribution in [3.63, 3.8) is 0 Å². The van der Waals surface area contributed by atoms with Gasteiger partial charge in [0.15, 0.2) is 11.5 Å². The van der Waals surface area contributed by atoms with Gasteiger partial charge in [0.25, 0.3) is 5.91 Å². The largest absolute Gasteiger partial charge is 0.486 e. The number of anilines is 1. The standard InChI is InChI=1S/C31H30F2N6O4/c32-21-12-10-20(11-13-21)29(31(41)34-22-6-2-1-3-7-22)39(23-14-15-26-27(18-23)43-17-16-42-26)28(40)19-38-36-30(35-37-38)24-8-4-5-9-25(24)33/h4-5,8-15,18,22,29H,1-3,6-7,16-17,19H2,(H,34,41)/t29-/m1/s1. The van der Waals surface area contributed by atoms with Crippen LogP contribution >= 0.6 is 0 Å². The highest BCUT2D eigenvalue weighted by Gasteiger charge is 2.35. The van der Waals surface area contributed by atoms with E-state index in [0.717, 1.165) is 36.9 Å². The monoisotopic (exact) mass is 588 g/mol. The van der Waals surface area contributed by atoms with Gasteiger partial charge in [-0.25, -0.2) is 8.78 Å². The molecule has 2 aliphatic rings. The Morgan fingerprint density at radius 1 is 0.953 bits per heavy atom. The Kier molecular flexibility index (Phi) is 8.25. The van der Waals surface area contributed by atoms with E-state index in [4.69, 9.17) is 9.47 Å². The zero-order chi connectivity index (χ0) is 29.8. The van der Waals surface area contributed by atoms with Gasteiger partial charge in [-0.15, -0.1) is 10.2 Å². The Hall–Kier alpha value is -4.87. The summed E-state index contributed by atoms with van der Waals surface area (Å²) in [5, 5.41) is 15.2. The molecule has 3 aromatic carbocycles. The molecule has 0 bridgehead atoms. The zero-order valence-corrected chi connectivity index (χ0v) is 23.3. The average Bonchev–Trinajstić information content (AvgIpc) is 3.48.